The van der Waals surface area contributed by atoms with E-state index in [0.29, 0.717) is 0 Å². The number of benzene rings is 19. The molecular formula is C123H104. The highest BCUT2D eigenvalue weighted by atomic mass is 14.5. The van der Waals surface area contributed by atoms with Gasteiger partial charge in [0.15, 0.2) is 0 Å². The monoisotopic (exact) mass is 1580 g/mol. The zero-order valence-corrected chi connectivity index (χ0v) is 72.8. The summed E-state index contributed by atoms with van der Waals surface area (Å²) in [5.74, 6) is 0. The van der Waals surface area contributed by atoms with Gasteiger partial charge in [-0.2, -0.15) is 0 Å². The Morgan fingerprint density at radius 1 is 0.154 bits per heavy atom. The molecular weight excluding hydrogens is 1480 g/mol. The van der Waals surface area contributed by atoms with Crippen molar-refractivity contribution in [2.75, 3.05) is 0 Å². The summed E-state index contributed by atoms with van der Waals surface area (Å²) < 4.78 is 0. The predicted molar refractivity (Wildman–Crippen MR) is 526 cm³/mol. The minimum atomic E-state index is -0.273. The lowest BCUT2D eigenvalue weighted by atomic mass is 9.67. The molecule has 0 unspecified atom stereocenters. The van der Waals surface area contributed by atoms with Crippen LogP contribution in [0.15, 0.2) is 400 Å². The quantitative estimate of drug-likeness (QED) is 0.161. The first-order valence-corrected chi connectivity index (χ1v) is 43.5. The third-order valence-corrected chi connectivity index (χ3v) is 25.9. The van der Waals surface area contributed by atoms with Gasteiger partial charge in [0.2, 0.25) is 0 Å². The largest absolute Gasteiger partial charge is 0.0725 e. The second-order valence-corrected chi connectivity index (χ2v) is 34.5. The molecule has 4 aliphatic rings. The van der Waals surface area contributed by atoms with Crippen molar-refractivity contribution < 1.29 is 0 Å². The summed E-state index contributed by atoms with van der Waals surface area (Å²) in [5, 5.41) is 8.04. The van der Waals surface area contributed by atoms with Gasteiger partial charge in [0.1, 0.15) is 0 Å². The van der Waals surface area contributed by atoms with E-state index >= 15 is 0 Å². The first-order chi connectivity index (χ1) is 59.9. The van der Waals surface area contributed by atoms with Crippen LogP contribution in [0.4, 0.5) is 0 Å². The molecule has 0 aromatic heterocycles. The predicted octanol–water partition coefficient (Wildman–Crippen LogP) is 32.6. The van der Waals surface area contributed by atoms with Crippen LogP contribution < -0.4 is 0 Å². The van der Waals surface area contributed by atoms with Crippen LogP contribution in [0, 0.1) is 83.1 Å². The zero-order valence-electron chi connectivity index (χ0n) is 72.8. The lowest BCUT2D eigenvalue weighted by molar-refractivity contribution is 0.766. The van der Waals surface area contributed by atoms with E-state index in [1.807, 2.05) is 0 Å². The minimum Gasteiger partial charge on any atom is -0.0622 e. The summed E-state index contributed by atoms with van der Waals surface area (Å²) >= 11 is 0. The molecule has 123 heavy (non-hydrogen) atoms. The van der Waals surface area contributed by atoms with E-state index in [1.54, 1.807) is 0 Å². The molecule has 0 amide bonds. The molecule has 19 aromatic rings. The molecule has 596 valence electrons. The fraction of sp³-hybridized carbons (Fsp3) is 0.122. The second-order valence-electron chi connectivity index (χ2n) is 34.5. The van der Waals surface area contributed by atoms with Crippen LogP contribution in [0.3, 0.4) is 0 Å². The summed E-state index contributed by atoms with van der Waals surface area (Å²) in [7, 11) is 0. The standard InChI is InChI=1S/C27H20.C27H22.3C18H16.C15H14/c1-17-11-13-21-22-14-12-18(2)16-26(22)27(25(21)15-17)23-9-5-3-7-19(23)20-8-4-6-10-24(20)27;1-19-13-15-23-24-16-14-20(2)18-26(24)27(25(23)17-19,21-9-5-3-6-10-21)22-11-7-4-8-12-22;1-13-9-11-15(12-10-13)17-7-4-6-16-14(2)5-3-8-18(16)17;1-13-6-5-7-15(12-13)17-11-10-14(2)16-8-3-4-9-18(16)17;1-13-7-10-15(11-8-13)17-12-9-14(2)16-5-3-4-6-18(16)17;1-10-3-5-12-9-13-6-4-11(2)8-15(13)14(12)7-10/h3-16H,1-2H3;3-18H,1-2H3;3*3-12H,1-2H3;3-8H,9H2,1-2H3. The van der Waals surface area contributed by atoms with E-state index in [-0.39, 0.29) is 10.8 Å². The van der Waals surface area contributed by atoms with Gasteiger partial charge in [-0.15, -0.1) is 0 Å². The van der Waals surface area contributed by atoms with E-state index in [2.05, 4.69) is 483 Å². The van der Waals surface area contributed by atoms with Gasteiger partial charge in [-0.05, 0) is 272 Å². The molecule has 0 bridgehead atoms. The Morgan fingerprint density at radius 2 is 0.439 bits per heavy atom. The fourth-order valence-corrected chi connectivity index (χ4v) is 19.9. The van der Waals surface area contributed by atoms with Crippen molar-refractivity contribution in [3.8, 4) is 77.9 Å². The molecule has 19 aromatic carbocycles. The lowest BCUT2D eigenvalue weighted by Gasteiger charge is -2.34. The van der Waals surface area contributed by atoms with Crippen LogP contribution in [0.25, 0.3) is 110 Å². The van der Waals surface area contributed by atoms with Gasteiger partial charge in [-0.25, -0.2) is 0 Å². The first kappa shape index (κ1) is 80.0. The average molecular weight is 1580 g/mol. The van der Waals surface area contributed by atoms with Crippen molar-refractivity contribution in [2.45, 2.75) is 100 Å². The second kappa shape index (κ2) is 33.9. The van der Waals surface area contributed by atoms with Crippen molar-refractivity contribution in [1.82, 2.24) is 0 Å². The van der Waals surface area contributed by atoms with Crippen LogP contribution in [-0.2, 0) is 17.3 Å². The Kier molecular flexibility index (Phi) is 22.0. The van der Waals surface area contributed by atoms with Crippen LogP contribution in [0.2, 0.25) is 0 Å². The van der Waals surface area contributed by atoms with Gasteiger partial charge in [-0.1, -0.05) is 450 Å². The van der Waals surface area contributed by atoms with Crippen molar-refractivity contribution in [1.29, 1.82) is 0 Å². The van der Waals surface area contributed by atoms with Gasteiger partial charge in [0, 0.05) is 0 Å². The average Bonchev–Trinajstić information content (AvgIpc) is 1.60. The maximum atomic E-state index is 2.41. The highest BCUT2D eigenvalue weighted by molar-refractivity contribution is 6.02. The van der Waals surface area contributed by atoms with Crippen LogP contribution in [-0.4, -0.2) is 0 Å². The number of hydrogen-bond donors (Lipinski definition) is 0. The molecule has 23 rings (SSSR count). The maximum absolute atomic E-state index is 2.41. The molecule has 0 saturated heterocycles. The molecule has 0 radical (unpaired) electrons. The fourth-order valence-electron chi connectivity index (χ4n) is 19.9. The Bertz CT molecular complexity index is 6770. The first-order valence-electron chi connectivity index (χ1n) is 43.5. The zero-order chi connectivity index (χ0) is 84.6. The van der Waals surface area contributed by atoms with Crippen LogP contribution in [0.5, 0.6) is 0 Å². The van der Waals surface area contributed by atoms with Crippen molar-refractivity contribution >= 4 is 32.3 Å². The van der Waals surface area contributed by atoms with Gasteiger partial charge in [0.05, 0.1) is 10.8 Å². The molecule has 0 N–H and O–H groups in total. The Hall–Kier alpha value is -14.0. The summed E-state index contributed by atoms with van der Waals surface area (Å²) in [6.07, 6.45) is 1.10. The lowest BCUT2D eigenvalue weighted by Crippen LogP contribution is -2.28. The number of fused-ring (bicyclic) bond motifs is 19. The van der Waals surface area contributed by atoms with Crippen LogP contribution >= 0.6 is 0 Å². The number of hydrogen-bond acceptors (Lipinski definition) is 0. The summed E-state index contributed by atoms with van der Waals surface area (Å²) in [4.78, 5) is 0. The third kappa shape index (κ3) is 15.0. The van der Waals surface area contributed by atoms with Gasteiger partial charge < -0.3 is 0 Å². The van der Waals surface area contributed by atoms with Gasteiger partial charge >= 0.3 is 0 Å². The summed E-state index contributed by atoms with van der Waals surface area (Å²) in [6, 6.07) is 147. The van der Waals surface area contributed by atoms with Crippen molar-refractivity contribution in [2.24, 2.45) is 0 Å². The number of rotatable bonds is 5. The summed E-state index contributed by atoms with van der Waals surface area (Å²) in [5.41, 5.74) is 48.4. The molecule has 0 nitrogen and oxygen atoms in total. The van der Waals surface area contributed by atoms with Crippen molar-refractivity contribution in [3.63, 3.8) is 0 Å². The normalized spacial score (nSPS) is 12.5. The van der Waals surface area contributed by atoms with E-state index in [4.69, 9.17) is 0 Å². The van der Waals surface area contributed by atoms with Gasteiger partial charge in [-0.3, -0.25) is 0 Å². The Balaban J connectivity index is 0.000000102. The van der Waals surface area contributed by atoms with E-state index < -0.39 is 0 Å². The molecule has 0 saturated carbocycles. The van der Waals surface area contributed by atoms with Gasteiger partial charge in [0.25, 0.3) is 0 Å². The molecule has 0 atom stereocenters. The molecule has 4 aliphatic carbocycles. The van der Waals surface area contributed by atoms with E-state index in [1.165, 1.54) is 233 Å². The summed E-state index contributed by atoms with van der Waals surface area (Å²) in [6.45, 7) is 26.0. The Labute approximate surface area is 728 Å². The minimum absolute atomic E-state index is 0.199. The number of aryl methyl sites for hydroxylation is 12. The molecule has 0 aliphatic heterocycles. The molecule has 0 fully saturated rings. The van der Waals surface area contributed by atoms with E-state index in [0.717, 1.165) is 6.42 Å². The highest BCUT2D eigenvalue weighted by Crippen LogP contribution is 2.63. The molecule has 0 heterocycles. The highest BCUT2D eigenvalue weighted by Gasteiger charge is 2.52. The molecule has 0 heteroatoms. The van der Waals surface area contributed by atoms with Crippen molar-refractivity contribution in [3.05, 3.63) is 523 Å². The smallest absolute Gasteiger partial charge is 0.0622 e. The van der Waals surface area contributed by atoms with Crippen LogP contribution in [0.1, 0.15) is 122 Å². The molecule has 1 spiro atoms. The topological polar surface area (TPSA) is 0 Å². The van der Waals surface area contributed by atoms with E-state index in [9.17, 15) is 0 Å². The maximum Gasteiger partial charge on any atom is 0.0725 e. The third-order valence-electron chi connectivity index (χ3n) is 25.9. The Morgan fingerprint density at radius 3 is 0.870 bits per heavy atom. The SMILES string of the molecule is Cc1ccc(-c2ccc(C)c3ccccc23)cc1.Cc1ccc(-c2cccc3c(C)cccc23)cc1.Cc1ccc2c(c1)-c1cc(C)ccc1C2.Cc1ccc2c(c1)C(c1ccccc1)(c1ccccc1)c1cc(C)ccc1-2.Cc1ccc2c(c1)C1(c3ccccc3-c3ccccc31)c1cc(C)ccc1-2.Cc1cccc(-c2ccc(C)c3ccccc23)c1.